The molecule has 0 aliphatic rings. The van der Waals surface area contributed by atoms with Crippen LogP contribution < -0.4 is 15.4 Å². The van der Waals surface area contributed by atoms with Gasteiger partial charge in [-0.3, -0.25) is 4.79 Å². The smallest absolute Gasteiger partial charge is 0.406 e. The molecular formula is C18H15F3N4O2S. The van der Waals surface area contributed by atoms with Crippen molar-refractivity contribution in [2.45, 2.75) is 19.7 Å². The van der Waals surface area contributed by atoms with E-state index in [1.165, 1.54) is 23.5 Å². The van der Waals surface area contributed by atoms with Gasteiger partial charge >= 0.3 is 6.36 Å². The van der Waals surface area contributed by atoms with Gasteiger partial charge in [0.15, 0.2) is 0 Å². The fraction of sp³-hybridized carbons (Fsp3) is 0.167. The Bertz CT molecular complexity index is 958. The molecule has 0 spiro atoms. The Morgan fingerprint density at radius 2 is 1.86 bits per heavy atom. The van der Waals surface area contributed by atoms with Crippen LogP contribution in [0.15, 0.2) is 48.5 Å². The number of carbonyl (C=O) groups is 1. The van der Waals surface area contributed by atoms with E-state index in [-0.39, 0.29) is 18.1 Å². The first kappa shape index (κ1) is 19.6. The lowest BCUT2D eigenvalue weighted by Gasteiger charge is -2.09. The summed E-state index contributed by atoms with van der Waals surface area (Å²) in [6, 6.07) is 12.6. The monoisotopic (exact) mass is 408 g/mol. The lowest BCUT2D eigenvalue weighted by Crippen LogP contribution is -2.17. The highest BCUT2D eigenvalue weighted by atomic mass is 32.1. The molecule has 0 saturated carbocycles. The molecule has 6 nitrogen and oxygen atoms in total. The zero-order chi connectivity index (χ0) is 20.1. The summed E-state index contributed by atoms with van der Waals surface area (Å²) >= 11 is 1.24. The van der Waals surface area contributed by atoms with Gasteiger partial charge in [0.05, 0.1) is 6.42 Å². The molecule has 2 aromatic carbocycles. The number of halogens is 3. The average Bonchev–Trinajstić information content (AvgIpc) is 3.02. The van der Waals surface area contributed by atoms with Crippen LogP contribution in [0.5, 0.6) is 5.75 Å². The minimum Gasteiger partial charge on any atom is -0.406 e. The first-order valence-corrected chi connectivity index (χ1v) is 8.90. The molecule has 0 atom stereocenters. The normalized spacial score (nSPS) is 11.1. The average molecular weight is 408 g/mol. The number of aromatic nitrogens is 2. The van der Waals surface area contributed by atoms with Crippen molar-refractivity contribution in [1.82, 2.24) is 10.2 Å². The van der Waals surface area contributed by atoms with Crippen LogP contribution >= 0.6 is 11.3 Å². The number of hydrogen-bond acceptors (Lipinski definition) is 6. The van der Waals surface area contributed by atoms with E-state index in [2.05, 4.69) is 25.6 Å². The fourth-order valence-electron chi connectivity index (χ4n) is 2.30. The summed E-state index contributed by atoms with van der Waals surface area (Å²) in [5.74, 6) is -0.718. The van der Waals surface area contributed by atoms with Gasteiger partial charge in [-0.15, -0.1) is 23.4 Å². The highest BCUT2D eigenvalue weighted by Gasteiger charge is 2.30. The topological polar surface area (TPSA) is 76.1 Å². The molecule has 10 heteroatoms. The lowest BCUT2D eigenvalue weighted by molar-refractivity contribution is -0.274. The zero-order valence-electron chi connectivity index (χ0n) is 14.6. The van der Waals surface area contributed by atoms with Gasteiger partial charge in [-0.1, -0.05) is 23.5 Å². The van der Waals surface area contributed by atoms with E-state index < -0.39 is 6.36 Å². The molecule has 0 bridgehead atoms. The predicted octanol–water partition coefficient (Wildman–Crippen LogP) is 4.67. The Labute approximate surface area is 162 Å². The molecule has 1 amide bonds. The summed E-state index contributed by atoms with van der Waals surface area (Å²) < 4.78 is 40.2. The lowest BCUT2D eigenvalue weighted by atomic mass is 10.2. The minimum atomic E-state index is -4.76. The Morgan fingerprint density at radius 1 is 1.11 bits per heavy atom. The number of benzene rings is 2. The summed E-state index contributed by atoms with van der Waals surface area (Å²) in [6.45, 7) is 1.98. The second-order valence-corrected chi connectivity index (χ2v) is 6.85. The summed E-state index contributed by atoms with van der Waals surface area (Å²) in [7, 11) is 0. The van der Waals surface area contributed by atoms with Crippen LogP contribution in [0.3, 0.4) is 0 Å². The Balaban J connectivity index is 1.54. The molecule has 0 fully saturated rings. The van der Waals surface area contributed by atoms with Crippen molar-refractivity contribution in [2.75, 3.05) is 10.6 Å². The third-order valence-electron chi connectivity index (χ3n) is 3.42. The van der Waals surface area contributed by atoms with Gasteiger partial charge < -0.3 is 15.4 Å². The second kappa shape index (κ2) is 8.26. The first-order valence-electron chi connectivity index (χ1n) is 8.08. The molecule has 0 radical (unpaired) electrons. The van der Waals surface area contributed by atoms with E-state index in [4.69, 9.17) is 0 Å². The SMILES string of the molecule is Cc1cccc(Nc2nnc(CC(=O)Nc3ccc(OC(F)(F)F)cc3)s2)c1. The molecule has 0 unspecified atom stereocenters. The van der Waals surface area contributed by atoms with E-state index in [1.54, 1.807) is 0 Å². The van der Waals surface area contributed by atoms with Crippen molar-refractivity contribution in [1.29, 1.82) is 0 Å². The predicted molar refractivity (Wildman–Crippen MR) is 99.8 cm³/mol. The van der Waals surface area contributed by atoms with Gasteiger partial charge in [-0.25, -0.2) is 0 Å². The van der Waals surface area contributed by atoms with Crippen molar-refractivity contribution in [3.8, 4) is 5.75 Å². The van der Waals surface area contributed by atoms with Crippen molar-refractivity contribution in [3.63, 3.8) is 0 Å². The van der Waals surface area contributed by atoms with Gasteiger partial charge in [-0.05, 0) is 48.9 Å². The number of hydrogen-bond donors (Lipinski definition) is 2. The van der Waals surface area contributed by atoms with Crippen LogP contribution in [0, 0.1) is 6.92 Å². The van der Waals surface area contributed by atoms with Crippen molar-refractivity contribution < 1.29 is 22.7 Å². The molecule has 3 aromatic rings. The van der Waals surface area contributed by atoms with Crippen LogP contribution in [0.1, 0.15) is 10.6 Å². The van der Waals surface area contributed by atoms with Gasteiger partial charge in [0.1, 0.15) is 10.8 Å². The molecule has 0 saturated heterocycles. The molecule has 1 heterocycles. The highest BCUT2D eigenvalue weighted by molar-refractivity contribution is 7.15. The summed E-state index contributed by atoms with van der Waals surface area (Å²) in [5.41, 5.74) is 2.32. The number of nitrogens with one attached hydrogen (secondary N) is 2. The maximum Gasteiger partial charge on any atom is 0.573 e. The number of carbonyl (C=O) groups excluding carboxylic acids is 1. The maximum absolute atomic E-state index is 12.1. The van der Waals surface area contributed by atoms with E-state index >= 15 is 0 Å². The van der Waals surface area contributed by atoms with Crippen LogP contribution in [-0.2, 0) is 11.2 Å². The van der Waals surface area contributed by atoms with Crippen LogP contribution in [0.4, 0.5) is 29.7 Å². The second-order valence-electron chi connectivity index (χ2n) is 5.79. The third-order valence-corrected chi connectivity index (χ3v) is 4.26. The van der Waals surface area contributed by atoms with E-state index in [0.29, 0.717) is 15.8 Å². The Hall–Kier alpha value is -3.14. The molecule has 28 heavy (non-hydrogen) atoms. The van der Waals surface area contributed by atoms with E-state index in [9.17, 15) is 18.0 Å². The van der Waals surface area contributed by atoms with Crippen molar-refractivity contribution in [2.24, 2.45) is 0 Å². The fourth-order valence-corrected chi connectivity index (χ4v) is 3.06. The molecule has 0 aliphatic heterocycles. The number of rotatable bonds is 6. The molecule has 1 aromatic heterocycles. The van der Waals surface area contributed by atoms with Gasteiger partial charge in [0.25, 0.3) is 0 Å². The molecular weight excluding hydrogens is 393 g/mol. The first-order chi connectivity index (χ1) is 13.3. The largest absolute Gasteiger partial charge is 0.573 e. The van der Waals surface area contributed by atoms with Crippen molar-refractivity contribution >= 4 is 33.8 Å². The molecule has 0 aliphatic carbocycles. The molecule has 146 valence electrons. The van der Waals surface area contributed by atoms with Gasteiger partial charge in [0, 0.05) is 11.4 Å². The Morgan fingerprint density at radius 3 is 2.54 bits per heavy atom. The number of anilines is 3. The maximum atomic E-state index is 12.1. The summed E-state index contributed by atoms with van der Waals surface area (Å²) in [5, 5.41) is 14.7. The van der Waals surface area contributed by atoms with E-state index in [0.717, 1.165) is 23.4 Å². The van der Waals surface area contributed by atoms with Gasteiger partial charge in [-0.2, -0.15) is 0 Å². The molecule has 3 rings (SSSR count). The number of nitrogens with zero attached hydrogens (tertiary/aromatic N) is 2. The number of alkyl halides is 3. The Kier molecular flexibility index (Phi) is 5.78. The number of ether oxygens (including phenoxy) is 1. The molecule has 2 N–H and O–H groups in total. The number of aryl methyl sites for hydroxylation is 1. The van der Waals surface area contributed by atoms with Crippen LogP contribution in [-0.4, -0.2) is 22.5 Å². The highest BCUT2D eigenvalue weighted by Crippen LogP contribution is 2.25. The van der Waals surface area contributed by atoms with Crippen LogP contribution in [0.2, 0.25) is 0 Å². The zero-order valence-corrected chi connectivity index (χ0v) is 15.4. The number of amides is 1. The summed E-state index contributed by atoms with van der Waals surface area (Å²) in [4.78, 5) is 12.1. The summed E-state index contributed by atoms with van der Waals surface area (Å²) in [6.07, 6.45) is -4.76. The van der Waals surface area contributed by atoms with Crippen LogP contribution in [0.25, 0.3) is 0 Å². The van der Waals surface area contributed by atoms with Crippen molar-refractivity contribution in [3.05, 3.63) is 59.1 Å². The van der Waals surface area contributed by atoms with Gasteiger partial charge in [0.2, 0.25) is 11.0 Å². The quantitative estimate of drug-likeness (QED) is 0.620. The standard InChI is InChI=1S/C18H15F3N4O2S/c1-11-3-2-4-13(9-11)23-17-25-24-16(28-17)10-15(26)22-12-5-7-14(8-6-12)27-18(19,20)21/h2-9H,10H2,1H3,(H,22,26)(H,23,25). The van der Waals surface area contributed by atoms with E-state index in [1.807, 2.05) is 31.2 Å². The minimum absolute atomic E-state index is 0.00599. The third kappa shape index (κ3) is 5.95.